The van der Waals surface area contributed by atoms with Gasteiger partial charge >= 0.3 is 14.5 Å². The van der Waals surface area contributed by atoms with Crippen molar-refractivity contribution in [2.75, 3.05) is 20.8 Å². The Labute approximate surface area is 154 Å². The second-order valence-electron chi connectivity index (χ2n) is 6.09. The van der Waals surface area contributed by atoms with E-state index in [1.807, 2.05) is 55.1 Å². The minimum atomic E-state index is -2.51. The van der Waals surface area contributed by atoms with E-state index in [9.17, 15) is 4.79 Å². The van der Waals surface area contributed by atoms with Crippen LogP contribution in [-0.2, 0) is 18.4 Å². The first-order chi connectivity index (χ1) is 12.6. The third-order valence-electron chi connectivity index (χ3n) is 4.42. The fourth-order valence-electron chi connectivity index (χ4n) is 2.59. The van der Waals surface area contributed by atoms with Crippen LogP contribution in [0.2, 0.25) is 6.55 Å². The fraction of sp³-hybridized carbons (Fsp3) is 0.250. The van der Waals surface area contributed by atoms with Crippen molar-refractivity contribution in [1.29, 1.82) is 0 Å². The van der Waals surface area contributed by atoms with Crippen LogP contribution in [0.1, 0.15) is 17.2 Å². The van der Waals surface area contributed by atoms with Gasteiger partial charge in [-0.1, -0.05) is 42.5 Å². The Kier molecular flexibility index (Phi) is 5.68. The molecule has 1 aliphatic rings. The van der Waals surface area contributed by atoms with Crippen molar-refractivity contribution in [2.24, 2.45) is 0 Å². The van der Waals surface area contributed by atoms with Crippen molar-refractivity contribution >= 4 is 25.8 Å². The zero-order valence-electron chi connectivity index (χ0n) is 15.1. The molecule has 6 heteroatoms. The predicted molar refractivity (Wildman–Crippen MR) is 102 cm³/mol. The molecule has 0 spiro atoms. The van der Waals surface area contributed by atoms with E-state index in [4.69, 9.17) is 18.3 Å². The van der Waals surface area contributed by atoms with Crippen LogP contribution < -0.4 is 9.92 Å². The minimum Gasteiger partial charge on any atom is -0.423 e. The third kappa shape index (κ3) is 4.28. The van der Waals surface area contributed by atoms with E-state index in [0.717, 1.165) is 16.3 Å². The van der Waals surface area contributed by atoms with E-state index in [2.05, 4.69) is 0 Å². The van der Waals surface area contributed by atoms with Gasteiger partial charge in [-0.3, -0.25) is 0 Å². The van der Waals surface area contributed by atoms with E-state index >= 15 is 0 Å². The summed E-state index contributed by atoms with van der Waals surface area (Å²) in [5.41, 5.74) is 1.79. The van der Waals surface area contributed by atoms with Crippen molar-refractivity contribution < 1.29 is 23.1 Å². The molecule has 0 bridgehead atoms. The number of rotatable bonds is 7. The summed E-state index contributed by atoms with van der Waals surface area (Å²) in [6.45, 7) is 2.57. The smallest absolute Gasteiger partial charge is 0.368 e. The maximum absolute atomic E-state index is 12.3. The quantitative estimate of drug-likeness (QED) is 0.247. The molecule has 1 aliphatic heterocycles. The summed E-state index contributed by atoms with van der Waals surface area (Å²) in [6, 6.07) is 15.3. The van der Waals surface area contributed by atoms with Crippen LogP contribution >= 0.6 is 0 Å². The monoisotopic (exact) mass is 370 g/mol. The Morgan fingerprint density at radius 3 is 2.46 bits per heavy atom. The number of hydrogen-bond acceptors (Lipinski definition) is 5. The Bertz CT molecular complexity index is 795. The van der Waals surface area contributed by atoms with Gasteiger partial charge in [-0.25, -0.2) is 4.79 Å². The molecular weight excluding hydrogens is 348 g/mol. The lowest BCUT2D eigenvalue weighted by molar-refractivity contribution is -0.128. The number of hydrogen-bond donors (Lipinski definition) is 0. The molecule has 1 heterocycles. The average Bonchev–Trinajstić information content (AvgIpc) is 3.51. The Hall–Kier alpha value is -2.25. The highest BCUT2D eigenvalue weighted by Gasteiger charge is 2.35. The van der Waals surface area contributed by atoms with E-state index in [1.165, 1.54) is 6.08 Å². The van der Waals surface area contributed by atoms with Crippen LogP contribution in [0.5, 0.6) is 5.75 Å². The molecule has 1 fully saturated rings. The topological polar surface area (TPSA) is 57.3 Å². The van der Waals surface area contributed by atoms with Gasteiger partial charge in [-0.15, -0.1) is 0 Å². The highest BCUT2D eigenvalue weighted by atomic mass is 28.4. The van der Waals surface area contributed by atoms with Crippen LogP contribution in [0.15, 0.2) is 54.6 Å². The molecular formula is C20H22O5Si. The summed E-state index contributed by atoms with van der Waals surface area (Å²) in [4.78, 5) is 12.3. The van der Waals surface area contributed by atoms with Gasteiger partial charge < -0.3 is 18.3 Å². The second-order valence-corrected chi connectivity index (χ2v) is 9.38. The molecule has 26 heavy (non-hydrogen) atoms. The third-order valence-corrected chi connectivity index (χ3v) is 7.34. The van der Waals surface area contributed by atoms with Crippen molar-refractivity contribution in [1.82, 2.24) is 0 Å². The number of carbonyl (C=O) groups is 1. The molecule has 0 radical (unpaired) electrons. The molecule has 1 unspecified atom stereocenters. The highest BCUT2D eigenvalue weighted by molar-refractivity contribution is 6.79. The number of epoxide rings is 1. The van der Waals surface area contributed by atoms with Gasteiger partial charge in [0, 0.05) is 25.9 Å². The molecule has 3 rings (SSSR count). The van der Waals surface area contributed by atoms with E-state index in [0.29, 0.717) is 12.4 Å². The van der Waals surface area contributed by atoms with Crippen LogP contribution in [-0.4, -0.2) is 35.4 Å². The Morgan fingerprint density at radius 2 is 1.85 bits per heavy atom. The molecule has 0 aromatic heterocycles. The first-order valence-corrected chi connectivity index (χ1v) is 10.7. The number of carbonyl (C=O) groups excluding carboxylic acids is 1. The van der Waals surface area contributed by atoms with Crippen LogP contribution in [0.3, 0.4) is 0 Å². The van der Waals surface area contributed by atoms with Gasteiger partial charge in [-0.2, -0.15) is 0 Å². The molecule has 0 saturated carbocycles. The molecule has 1 atom stereocenters. The normalized spacial score (nSPS) is 16.7. The van der Waals surface area contributed by atoms with E-state index in [1.54, 1.807) is 20.3 Å². The van der Waals surface area contributed by atoms with Crippen LogP contribution in [0, 0.1) is 0 Å². The standard InChI is InChI=1S/C20H22O5Si/c1-22-26(3,23-2)16-10-11-17(19-14-24-19)18(13-16)25-20(21)12-9-15-7-5-4-6-8-15/h4-13,19H,14H2,1-3H3/b12-9+. The molecule has 136 valence electrons. The van der Waals surface area contributed by atoms with Crippen molar-refractivity contribution in [3.8, 4) is 5.75 Å². The summed E-state index contributed by atoms with van der Waals surface area (Å²) in [5.74, 6) is 0.0478. The number of esters is 1. The SMILES string of the molecule is CO[Si](C)(OC)c1ccc(C2CO2)c(OC(=O)/C=C/c2ccccc2)c1. The van der Waals surface area contributed by atoms with Gasteiger partial charge in [0.2, 0.25) is 0 Å². The molecule has 5 nitrogen and oxygen atoms in total. The van der Waals surface area contributed by atoms with E-state index in [-0.39, 0.29) is 6.10 Å². The molecule has 2 aromatic carbocycles. The first-order valence-electron chi connectivity index (χ1n) is 8.37. The average molecular weight is 370 g/mol. The Morgan fingerprint density at radius 1 is 1.15 bits per heavy atom. The van der Waals surface area contributed by atoms with Crippen molar-refractivity contribution in [2.45, 2.75) is 12.7 Å². The van der Waals surface area contributed by atoms with Gasteiger partial charge in [0.05, 0.1) is 6.61 Å². The molecule has 2 aromatic rings. The summed E-state index contributed by atoms with van der Waals surface area (Å²) in [6.07, 6.45) is 3.12. The van der Waals surface area contributed by atoms with Gasteiger partial charge in [-0.05, 0) is 29.4 Å². The largest absolute Gasteiger partial charge is 0.423 e. The molecule has 0 amide bonds. The number of ether oxygens (including phenoxy) is 2. The molecule has 1 saturated heterocycles. The predicted octanol–water partition coefficient (Wildman–Crippen LogP) is 2.95. The zero-order valence-corrected chi connectivity index (χ0v) is 16.1. The lowest BCUT2D eigenvalue weighted by Crippen LogP contribution is -2.49. The zero-order chi connectivity index (χ0) is 18.6. The summed E-state index contributed by atoms with van der Waals surface area (Å²) in [7, 11) is 0.739. The summed E-state index contributed by atoms with van der Waals surface area (Å²) >= 11 is 0. The molecule has 0 aliphatic carbocycles. The summed E-state index contributed by atoms with van der Waals surface area (Å²) in [5, 5.41) is 0.890. The highest BCUT2D eigenvalue weighted by Crippen LogP contribution is 2.36. The fourth-order valence-corrected chi connectivity index (χ4v) is 4.01. The van der Waals surface area contributed by atoms with Gasteiger partial charge in [0.25, 0.3) is 0 Å². The van der Waals surface area contributed by atoms with Crippen molar-refractivity contribution in [3.05, 3.63) is 65.7 Å². The maximum Gasteiger partial charge on any atom is 0.368 e. The van der Waals surface area contributed by atoms with E-state index < -0.39 is 14.5 Å². The Balaban J connectivity index is 1.83. The maximum atomic E-state index is 12.3. The minimum absolute atomic E-state index is 0.0250. The number of benzene rings is 2. The van der Waals surface area contributed by atoms with Crippen molar-refractivity contribution in [3.63, 3.8) is 0 Å². The van der Waals surface area contributed by atoms with Crippen LogP contribution in [0.4, 0.5) is 0 Å². The second kappa shape index (κ2) is 7.97. The van der Waals surface area contributed by atoms with Gasteiger partial charge in [0.1, 0.15) is 11.9 Å². The summed E-state index contributed by atoms with van der Waals surface area (Å²) < 4.78 is 22.1. The first kappa shape index (κ1) is 18.5. The molecule has 0 N–H and O–H groups in total. The lowest BCUT2D eigenvalue weighted by atomic mass is 10.1. The van der Waals surface area contributed by atoms with Gasteiger partial charge in [0.15, 0.2) is 0 Å². The van der Waals surface area contributed by atoms with Crippen LogP contribution in [0.25, 0.3) is 6.08 Å². The lowest BCUT2D eigenvalue weighted by Gasteiger charge is -2.24.